The van der Waals surface area contributed by atoms with E-state index in [1.54, 1.807) is 7.05 Å². The highest BCUT2D eigenvalue weighted by Gasteiger charge is 2.39. The standard InChI is InChI=1S/C27H35F2N3O3/c1-3-15-7-8-17-5-4-6-21(20(17)11-15)31-14-23(33)22(12-16-9-18(28)13-19(29)10-16)32-25-24(30-2)26(34)27(25)35/h7-9,11,13,19,21-23,27,30-33,35H,3-6,10,12,14H2,1-2H3. The molecule has 0 amide bonds. The molecule has 3 aliphatic rings. The van der Waals surface area contributed by atoms with Gasteiger partial charge in [-0.15, -0.1) is 0 Å². The topological polar surface area (TPSA) is 93.6 Å². The first-order chi connectivity index (χ1) is 16.8. The van der Waals surface area contributed by atoms with Gasteiger partial charge in [0.05, 0.1) is 17.8 Å². The van der Waals surface area contributed by atoms with Crippen LogP contribution >= 0.6 is 0 Å². The fourth-order valence-electron chi connectivity index (χ4n) is 5.25. The van der Waals surface area contributed by atoms with E-state index in [0.717, 1.165) is 31.8 Å². The molecule has 0 radical (unpaired) electrons. The highest BCUT2D eigenvalue weighted by atomic mass is 19.1. The predicted molar refractivity (Wildman–Crippen MR) is 131 cm³/mol. The van der Waals surface area contributed by atoms with E-state index in [9.17, 15) is 23.8 Å². The zero-order valence-electron chi connectivity index (χ0n) is 20.3. The molecule has 5 atom stereocenters. The number of ketones is 1. The van der Waals surface area contributed by atoms with Crippen molar-refractivity contribution in [3.8, 4) is 0 Å². The van der Waals surface area contributed by atoms with E-state index in [4.69, 9.17) is 0 Å². The second-order valence-corrected chi connectivity index (χ2v) is 9.64. The van der Waals surface area contributed by atoms with Crippen LogP contribution in [0.5, 0.6) is 0 Å². The Labute approximate surface area is 205 Å². The summed E-state index contributed by atoms with van der Waals surface area (Å²) in [6.45, 7) is 2.37. The quantitative estimate of drug-likeness (QED) is 0.349. The lowest BCUT2D eigenvalue weighted by Gasteiger charge is -2.35. The summed E-state index contributed by atoms with van der Waals surface area (Å²) >= 11 is 0. The lowest BCUT2D eigenvalue weighted by atomic mass is 9.86. The van der Waals surface area contributed by atoms with Crippen LogP contribution in [0.2, 0.25) is 0 Å². The zero-order valence-corrected chi connectivity index (χ0v) is 20.3. The number of halogens is 2. The monoisotopic (exact) mass is 487 g/mol. The average Bonchev–Trinajstić information content (AvgIpc) is 2.85. The van der Waals surface area contributed by atoms with Gasteiger partial charge in [-0.25, -0.2) is 8.78 Å². The molecule has 6 nitrogen and oxygen atoms in total. The van der Waals surface area contributed by atoms with Gasteiger partial charge in [-0.05, 0) is 60.9 Å². The van der Waals surface area contributed by atoms with E-state index in [2.05, 4.69) is 41.1 Å². The summed E-state index contributed by atoms with van der Waals surface area (Å²) < 4.78 is 27.8. The van der Waals surface area contributed by atoms with E-state index in [-0.39, 0.29) is 31.1 Å². The summed E-state index contributed by atoms with van der Waals surface area (Å²) in [5.74, 6) is -1.06. The number of benzene rings is 1. The van der Waals surface area contributed by atoms with Crippen LogP contribution in [0.3, 0.4) is 0 Å². The van der Waals surface area contributed by atoms with E-state index in [1.165, 1.54) is 22.8 Å². The van der Waals surface area contributed by atoms with Crippen LogP contribution < -0.4 is 16.0 Å². The molecular formula is C27H35F2N3O3. The molecule has 1 aromatic carbocycles. The molecule has 0 spiro atoms. The van der Waals surface area contributed by atoms with Crippen molar-refractivity contribution in [3.05, 3.63) is 69.8 Å². The highest BCUT2D eigenvalue weighted by Crippen LogP contribution is 2.31. The Hall–Kier alpha value is -2.55. The van der Waals surface area contributed by atoms with Crippen molar-refractivity contribution < 1.29 is 23.8 Å². The molecule has 3 aliphatic carbocycles. The van der Waals surface area contributed by atoms with Crippen LogP contribution in [-0.4, -0.2) is 54.0 Å². The van der Waals surface area contributed by atoms with Crippen LogP contribution in [0.4, 0.5) is 8.78 Å². The van der Waals surface area contributed by atoms with Gasteiger partial charge in [0, 0.05) is 26.1 Å². The fraction of sp³-hybridized carbons (Fsp3) is 0.519. The number of alkyl halides is 1. The molecule has 0 saturated carbocycles. The fourth-order valence-corrected chi connectivity index (χ4v) is 5.25. The largest absolute Gasteiger partial charge is 0.390 e. The Morgan fingerprint density at radius 1 is 1.29 bits per heavy atom. The van der Waals surface area contributed by atoms with E-state index < -0.39 is 36.0 Å². The lowest BCUT2D eigenvalue weighted by Crippen LogP contribution is -2.54. The Balaban J connectivity index is 1.50. The van der Waals surface area contributed by atoms with E-state index in [1.807, 2.05) is 0 Å². The molecule has 0 aromatic heterocycles. The van der Waals surface area contributed by atoms with Gasteiger partial charge in [0.25, 0.3) is 0 Å². The minimum atomic E-state index is -1.42. The van der Waals surface area contributed by atoms with Gasteiger partial charge in [-0.2, -0.15) is 0 Å². The number of aliphatic hydroxyl groups is 2. The highest BCUT2D eigenvalue weighted by molar-refractivity contribution is 6.07. The molecule has 190 valence electrons. The first-order valence-corrected chi connectivity index (χ1v) is 12.4. The number of aryl methyl sites for hydroxylation is 2. The lowest BCUT2D eigenvalue weighted by molar-refractivity contribution is -0.125. The number of allylic oxidation sites excluding steroid dienone is 3. The molecule has 8 heteroatoms. The first-order valence-electron chi connectivity index (χ1n) is 12.4. The molecule has 0 saturated heterocycles. The van der Waals surface area contributed by atoms with Crippen LogP contribution in [0.15, 0.2) is 53.1 Å². The van der Waals surface area contributed by atoms with Crippen molar-refractivity contribution in [2.75, 3.05) is 13.6 Å². The van der Waals surface area contributed by atoms with Gasteiger partial charge in [0.1, 0.15) is 17.7 Å². The third kappa shape index (κ3) is 5.66. The maximum absolute atomic E-state index is 13.9. The van der Waals surface area contributed by atoms with E-state index >= 15 is 0 Å². The van der Waals surface area contributed by atoms with Crippen LogP contribution in [0, 0.1) is 0 Å². The van der Waals surface area contributed by atoms with Crippen molar-refractivity contribution in [3.63, 3.8) is 0 Å². The number of aliphatic hydroxyl groups excluding tert-OH is 2. The maximum Gasteiger partial charge on any atom is 0.215 e. The van der Waals surface area contributed by atoms with Crippen molar-refractivity contribution >= 4 is 5.78 Å². The second-order valence-electron chi connectivity index (χ2n) is 9.64. The Morgan fingerprint density at radius 3 is 2.80 bits per heavy atom. The molecule has 1 aromatic rings. The minimum absolute atomic E-state index is 0.0426. The molecule has 0 fully saturated rings. The molecule has 0 bridgehead atoms. The van der Waals surface area contributed by atoms with Gasteiger partial charge in [0.2, 0.25) is 5.78 Å². The molecule has 0 aliphatic heterocycles. The smallest absolute Gasteiger partial charge is 0.215 e. The third-order valence-electron chi connectivity index (χ3n) is 7.22. The molecular weight excluding hydrogens is 452 g/mol. The number of nitrogens with one attached hydrogen (secondary N) is 3. The number of fused-ring (bicyclic) bond motifs is 1. The number of rotatable bonds is 10. The Morgan fingerprint density at radius 2 is 2.09 bits per heavy atom. The minimum Gasteiger partial charge on any atom is -0.390 e. The number of Topliss-reactive ketones (excluding diaryl/α,β-unsaturated/α-hetero) is 1. The van der Waals surface area contributed by atoms with Crippen LogP contribution in [0.25, 0.3) is 0 Å². The van der Waals surface area contributed by atoms with Gasteiger partial charge < -0.3 is 26.2 Å². The molecule has 5 unspecified atom stereocenters. The number of carbonyl (C=O) groups excluding carboxylic acids is 1. The van der Waals surface area contributed by atoms with Crippen molar-refractivity contribution in [1.82, 2.24) is 16.0 Å². The summed E-state index contributed by atoms with van der Waals surface area (Å²) in [5.41, 5.74) is 4.92. The van der Waals surface area contributed by atoms with Gasteiger partial charge in [-0.3, -0.25) is 4.79 Å². The number of hydrogen-bond donors (Lipinski definition) is 5. The normalized spacial score (nSPS) is 25.8. The molecule has 35 heavy (non-hydrogen) atoms. The summed E-state index contributed by atoms with van der Waals surface area (Å²) in [6, 6.07) is 6.04. The van der Waals surface area contributed by atoms with Crippen molar-refractivity contribution in [2.24, 2.45) is 0 Å². The van der Waals surface area contributed by atoms with E-state index in [0.29, 0.717) is 11.3 Å². The van der Waals surface area contributed by atoms with Crippen molar-refractivity contribution in [2.45, 2.75) is 75.9 Å². The average molecular weight is 488 g/mol. The van der Waals surface area contributed by atoms with Crippen LogP contribution in [-0.2, 0) is 17.6 Å². The Kier molecular flexibility index (Phi) is 8.04. The summed E-state index contributed by atoms with van der Waals surface area (Å²) in [7, 11) is 1.58. The third-order valence-corrected chi connectivity index (χ3v) is 7.22. The molecule has 5 N–H and O–H groups in total. The number of carbonyl (C=O) groups is 1. The maximum atomic E-state index is 13.9. The Bertz CT molecular complexity index is 1050. The zero-order chi connectivity index (χ0) is 25.1. The molecule has 4 rings (SSSR count). The van der Waals surface area contributed by atoms with Gasteiger partial charge in [-0.1, -0.05) is 30.7 Å². The van der Waals surface area contributed by atoms with Gasteiger partial charge in [0.15, 0.2) is 6.10 Å². The second kappa shape index (κ2) is 11.0. The van der Waals surface area contributed by atoms with Gasteiger partial charge >= 0.3 is 0 Å². The first kappa shape index (κ1) is 25.5. The number of hydrogen-bond acceptors (Lipinski definition) is 6. The van der Waals surface area contributed by atoms with Crippen LogP contribution in [0.1, 0.15) is 55.3 Å². The summed E-state index contributed by atoms with van der Waals surface area (Å²) in [6.07, 6.45) is 2.79. The summed E-state index contributed by atoms with van der Waals surface area (Å²) in [5, 5.41) is 30.6. The molecule has 0 heterocycles. The number of likely N-dealkylation sites (N-methyl/N-ethyl adjacent to an activating group) is 1. The summed E-state index contributed by atoms with van der Waals surface area (Å²) in [4.78, 5) is 11.9. The SMILES string of the molecule is CCc1ccc2c(c1)C(NCC(O)C(CC1=CC(F)=CC(F)C1)NC1=C(NC)C(=O)C1O)CCC2. The van der Waals surface area contributed by atoms with Crippen molar-refractivity contribution in [1.29, 1.82) is 0 Å². The predicted octanol–water partition coefficient (Wildman–Crippen LogP) is 2.82.